The van der Waals surface area contributed by atoms with Crippen LogP contribution >= 0.6 is 0 Å². The minimum Gasteiger partial charge on any atom is -0.478 e. The minimum atomic E-state index is -1.23. The summed E-state index contributed by atoms with van der Waals surface area (Å²) < 4.78 is 18.5. The maximum Gasteiger partial charge on any atom is 0.340 e. The Bertz CT molecular complexity index is 480. The average Bonchev–Trinajstić information content (AvgIpc) is 2.42. The van der Waals surface area contributed by atoms with Crippen molar-refractivity contribution in [1.82, 2.24) is 0 Å². The van der Waals surface area contributed by atoms with Crippen molar-refractivity contribution < 1.29 is 19.0 Å². The second kappa shape index (κ2) is 7.09. The molecule has 0 aliphatic carbocycles. The molecule has 0 spiro atoms. The minimum absolute atomic E-state index is 0.0908. The third-order valence-corrected chi connectivity index (χ3v) is 3.35. The molecule has 0 bridgehead atoms. The Hall–Kier alpha value is -1.82. The predicted molar refractivity (Wildman–Crippen MR) is 76.7 cm³/mol. The molecule has 20 heavy (non-hydrogen) atoms. The molecule has 1 aromatic carbocycles. The van der Waals surface area contributed by atoms with Gasteiger partial charge in [0.25, 0.3) is 0 Å². The topological polar surface area (TPSA) is 75.8 Å². The lowest BCUT2D eigenvalue weighted by atomic mass is 10.1. The number of ether oxygens (including phenoxy) is 1. The molecule has 0 amide bonds. The van der Waals surface area contributed by atoms with Gasteiger partial charge in [0.1, 0.15) is 11.4 Å². The van der Waals surface area contributed by atoms with E-state index in [0.717, 1.165) is 6.42 Å². The molecule has 0 radical (unpaired) electrons. The van der Waals surface area contributed by atoms with Crippen molar-refractivity contribution in [1.29, 1.82) is 0 Å². The van der Waals surface area contributed by atoms with Gasteiger partial charge in [0, 0.05) is 19.7 Å². The van der Waals surface area contributed by atoms with Crippen LogP contribution in [0, 0.1) is 5.82 Å². The van der Waals surface area contributed by atoms with Crippen molar-refractivity contribution in [3.8, 4) is 0 Å². The van der Waals surface area contributed by atoms with E-state index in [2.05, 4.69) is 0 Å². The first kappa shape index (κ1) is 16.2. The summed E-state index contributed by atoms with van der Waals surface area (Å²) in [5, 5.41) is 9.30. The summed E-state index contributed by atoms with van der Waals surface area (Å²) >= 11 is 0. The van der Waals surface area contributed by atoms with Crippen LogP contribution in [0.15, 0.2) is 12.1 Å². The van der Waals surface area contributed by atoms with Crippen LogP contribution < -0.4 is 10.6 Å². The van der Waals surface area contributed by atoms with Gasteiger partial charge in [-0.25, -0.2) is 9.18 Å². The lowest BCUT2D eigenvalue weighted by molar-refractivity contribution is 0.0698. The van der Waals surface area contributed by atoms with Gasteiger partial charge in [-0.05, 0) is 25.5 Å². The highest BCUT2D eigenvalue weighted by Crippen LogP contribution is 2.30. The van der Waals surface area contributed by atoms with Gasteiger partial charge in [0.15, 0.2) is 0 Å². The van der Waals surface area contributed by atoms with Crippen LogP contribution in [-0.4, -0.2) is 37.4 Å². The smallest absolute Gasteiger partial charge is 0.340 e. The van der Waals surface area contributed by atoms with Crippen molar-refractivity contribution in [3.05, 3.63) is 23.5 Å². The van der Waals surface area contributed by atoms with Gasteiger partial charge in [0.2, 0.25) is 0 Å². The number of anilines is 2. The summed E-state index contributed by atoms with van der Waals surface area (Å²) in [6.07, 6.45) is 0.819. The third kappa shape index (κ3) is 3.39. The molecule has 0 saturated heterocycles. The van der Waals surface area contributed by atoms with Crippen LogP contribution in [0.3, 0.4) is 0 Å². The fraction of sp³-hybridized carbons (Fsp3) is 0.500. The lowest BCUT2D eigenvalue weighted by Gasteiger charge is -2.32. The summed E-state index contributed by atoms with van der Waals surface area (Å²) in [6.45, 7) is 4.93. The number of hydrogen-bond acceptors (Lipinski definition) is 4. The summed E-state index contributed by atoms with van der Waals surface area (Å²) in [7, 11) is 1.58. The SMILES string of the molecule is CCC(C)N(CCOC)c1ccc(F)c(N)c1C(=O)O. The quantitative estimate of drug-likeness (QED) is 0.752. The zero-order chi connectivity index (χ0) is 15.3. The van der Waals surface area contributed by atoms with Crippen molar-refractivity contribution in [3.63, 3.8) is 0 Å². The van der Waals surface area contributed by atoms with E-state index in [1.807, 2.05) is 18.7 Å². The Kier molecular flexibility index (Phi) is 5.76. The molecule has 0 aromatic heterocycles. The summed E-state index contributed by atoms with van der Waals surface area (Å²) in [4.78, 5) is 13.3. The molecule has 3 N–H and O–H groups in total. The number of halogens is 1. The van der Waals surface area contributed by atoms with Crippen molar-refractivity contribution in [2.45, 2.75) is 26.3 Å². The number of carboxylic acid groups (broad SMARTS) is 1. The van der Waals surface area contributed by atoms with E-state index in [1.165, 1.54) is 12.1 Å². The number of hydrogen-bond donors (Lipinski definition) is 2. The van der Waals surface area contributed by atoms with E-state index in [-0.39, 0.29) is 17.3 Å². The number of benzene rings is 1. The van der Waals surface area contributed by atoms with E-state index < -0.39 is 11.8 Å². The van der Waals surface area contributed by atoms with Gasteiger partial charge in [-0.3, -0.25) is 0 Å². The standard InChI is InChI=1S/C14H21FN2O3/c1-4-9(2)17(7-8-20-3)11-6-5-10(15)13(16)12(11)14(18)19/h5-6,9H,4,7-8,16H2,1-3H3,(H,18,19). The largest absolute Gasteiger partial charge is 0.478 e. The molecule has 1 rings (SSSR count). The van der Waals surface area contributed by atoms with E-state index in [4.69, 9.17) is 10.5 Å². The Morgan fingerprint density at radius 1 is 1.55 bits per heavy atom. The second-order valence-electron chi connectivity index (χ2n) is 4.60. The van der Waals surface area contributed by atoms with Crippen LogP contribution in [0.5, 0.6) is 0 Å². The number of nitrogens with two attached hydrogens (primary N) is 1. The number of nitrogen functional groups attached to an aromatic ring is 1. The van der Waals surface area contributed by atoms with E-state index in [0.29, 0.717) is 18.8 Å². The Morgan fingerprint density at radius 3 is 2.70 bits per heavy atom. The van der Waals surface area contributed by atoms with E-state index in [1.54, 1.807) is 7.11 Å². The molecule has 112 valence electrons. The average molecular weight is 284 g/mol. The molecule has 1 atom stereocenters. The van der Waals surface area contributed by atoms with Gasteiger partial charge in [0.05, 0.1) is 18.0 Å². The first-order valence-corrected chi connectivity index (χ1v) is 6.50. The molecular formula is C14H21FN2O3. The first-order chi connectivity index (χ1) is 9.43. The van der Waals surface area contributed by atoms with Crippen molar-refractivity contribution in [2.75, 3.05) is 30.9 Å². The number of carboxylic acids is 1. The Labute approximate surface area is 118 Å². The summed E-state index contributed by atoms with van der Waals surface area (Å²) in [5.41, 5.74) is 5.47. The summed E-state index contributed by atoms with van der Waals surface area (Å²) in [6, 6.07) is 2.74. The monoisotopic (exact) mass is 284 g/mol. The van der Waals surface area contributed by atoms with Gasteiger partial charge < -0.3 is 20.5 Å². The molecule has 0 saturated carbocycles. The van der Waals surface area contributed by atoms with Crippen LogP contribution in [0.2, 0.25) is 0 Å². The summed E-state index contributed by atoms with van der Waals surface area (Å²) in [5.74, 6) is -1.95. The van der Waals surface area contributed by atoms with Crippen LogP contribution in [0.25, 0.3) is 0 Å². The van der Waals surface area contributed by atoms with Gasteiger partial charge in [-0.2, -0.15) is 0 Å². The van der Waals surface area contributed by atoms with Gasteiger partial charge in [-0.1, -0.05) is 6.92 Å². The van der Waals surface area contributed by atoms with Gasteiger partial charge in [-0.15, -0.1) is 0 Å². The van der Waals surface area contributed by atoms with Crippen molar-refractivity contribution in [2.24, 2.45) is 0 Å². The fourth-order valence-corrected chi connectivity index (χ4v) is 2.04. The Balaban J connectivity index is 3.31. The highest BCUT2D eigenvalue weighted by Gasteiger charge is 2.23. The van der Waals surface area contributed by atoms with Crippen molar-refractivity contribution >= 4 is 17.3 Å². The lowest BCUT2D eigenvalue weighted by Crippen LogP contribution is -2.36. The number of methoxy groups -OCH3 is 1. The number of carbonyl (C=O) groups is 1. The molecule has 6 heteroatoms. The maximum atomic E-state index is 13.5. The van der Waals surface area contributed by atoms with E-state index >= 15 is 0 Å². The third-order valence-electron chi connectivity index (χ3n) is 3.35. The molecular weight excluding hydrogens is 263 g/mol. The maximum absolute atomic E-state index is 13.5. The molecule has 0 heterocycles. The number of nitrogens with zero attached hydrogens (tertiary/aromatic N) is 1. The molecule has 0 aliphatic heterocycles. The zero-order valence-electron chi connectivity index (χ0n) is 12.0. The van der Waals surface area contributed by atoms with Crippen LogP contribution in [0.1, 0.15) is 30.6 Å². The fourth-order valence-electron chi connectivity index (χ4n) is 2.04. The molecule has 1 unspecified atom stereocenters. The van der Waals surface area contributed by atoms with Gasteiger partial charge >= 0.3 is 5.97 Å². The Morgan fingerprint density at radius 2 is 2.20 bits per heavy atom. The molecule has 5 nitrogen and oxygen atoms in total. The number of aromatic carboxylic acids is 1. The van der Waals surface area contributed by atoms with Crippen LogP contribution in [0.4, 0.5) is 15.8 Å². The predicted octanol–water partition coefficient (Wildman–Crippen LogP) is 2.36. The first-order valence-electron chi connectivity index (χ1n) is 6.50. The second-order valence-corrected chi connectivity index (χ2v) is 4.60. The highest BCUT2D eigenvalue weighted by molar-refractivity contribution is 6.00. The highest BCUT2D eigenvalue weighted by atomic mass is 19.1. The number of rotatable bonds is 7. The van der Waals surface area contributed by atoms with E-state index in [9.17, 15) is 14.3 Å². The molecule has 0 fully saturated rings. The van der Waals surface area contributed by atoms with Crippen LogP contribution in [-0.2, 0) is 4.74 Å². The molecule has 0 aliphatic rings. The normalized spacial score (nSPS) is 12.2. The molecule has 1 aromatic rings. The zero-order valence-corrected chi connectivity index (χ0v) is 12.0.